The number of carbonyl (C=O) groups is 1. The molecule has 0 aliphatic heterocycles. The molecule has 0 aliphatic rings. The van der Waals surface area contributed by atoms with Crippen LogP contribution in [0, 0.1) is 6.92 Å². The lowest BCUT2D eigenvalue weighted by atomic mass is 10.2. The van der Waals surface area contributed by atoms with Gasteiger partial charge >= 0.3 is 0 Å². The van der Waals surface area contributed by atoms with E-state index in [1.54, 1.807) is 6.07 Å². The normalized spacial score (nSPS) is 11.7. The fraction of sp³-hybridized carbons (Fsp3) is 0.417. The number of nitrogens with two attached hydrogens (primary N) is 1. The lowest BCUT2D eigenvalue weighted by Crippen LogP contribution is -2.35. The Morgan fingerprint density at radius 3 is 2.60 bits per heavy atom. The van der Waals surface area contributed by atoms with Crippen molar-refractivity contribution < 1.29 is 13.2 Å². The number of amides is 1. The van der Waals surface area contributed by atoms with E-state index >= 15 is 0 Å². The molecule has 0 fully saturated rings. The molecule has 0 spiro atoms. The molecule has 0 aromatic heterocycles. The van der Waals surface area contributed by atoms with Gasteiger partial charge < -0.3 is 11.1 Å². The second-order valence-electron chi connectivity index (χ2n) is 4.39. The van der Waals surface area contributed by atoms with E-state index in [1.807, 2.05) is 13.0 Å². The molecule has 0 atom stereocenters. The number of halogens is 1. The van der Waals surface area contributed by atoms with Gasteiger partial charge in [-0.2, -0.15) is 4.31 Å². The summed E-state index contributed by atoms with van der Waals surface area (Å²) in [5.41, 5.74) is 7.62. The lowest BCUT2D eigenvalue weighted by molar-refractivity contribution is -0.116. The number of anilines is 2. The van der Waals surface area contributed by atoms with Gasteiger partial charge in [0.05, 0.1) is 23.7 Å². The number of nitrogens with one attached hydrogen (secondary N) is 1. The van der Waals surface area contributed by atoms with E-state index in [-0.39, 0.29) is 12.3 Å². The van der Waals surface area contributed by atoms with E-state index in [9.17, 15) is 13.2 Å². The van der Waals surface area contributed by atoms with Crippen molar-refractivity contribution in [2.75, 3.05) is 30.4 Å². The van der Waals surface area contributed by atoms with Crippen molar-refractivity contribution in [3.05, 3.63) is 22.2 Å². The maximum atomic E-state index is 11.9. The number of nitrogens with zero attached hydrogens (tertiary/aromatic N) is 1. The van der Waals surface area contributed by atoms with Crippen molar-refractivity contribution >= 4 is 43.2 Å². The van der Waals surface area contributed by atoms with Gasteiger partial charge in [0, 0.05) is 11.5 Å². The van der Waals surface area contributed by atoms with Gasteiger partial charge in [0.2, 0.25) is 15.9 Å². The van der Waals surface area contributed by atoms with Crippen LogP contribution >= 0.6 is 15.9 Å². The summed E-state index contributed by atoms with van der Waals surface area (Å²) in [6.07, 6.45) is 0. The van der Waals surface area contributed by atoms with E-state index in [0.717, 1.165) is 14.3 Å². The summed E-state index contributed by atoms with van der Waals surface area (Å²) in [6.45, 7) is 3.10. The third kappa shape index (κ3) is 4.19. The molecule has 0 heterocycles. The molecule has 20 heavy (non-hydrogen) atoms. The zero-order valence-electron chi connectivity index (χ0n) is 11.6. The molecule has 3 N–H and O–H groups in total. The molecule has 0 unspecified atom stereocenters. The van der Waals surface area contributed by atoms with Crippen LogP contribution < -0.4 is 11.1 Å². The van der Waals surface area contributed by atoms with Gasteiger partial charge in [0.15, 0.2) is 0 Å². The summed E-state index contributed by atoms with van der Waals surface area (Å²) in [5.74, 6) is -0.483. The molecule has 0 bridgehead atoms. The molecule has 0 radical (unpaired) electrons. The molecular weight excluding hydrogens is 346 g/mol. The van der Waals surface area contributed by atoms with Crippen LogP contribution in [-0.2, 0) is 14.8 Å². The van der Waals surface area contributed by atoms with Crippen LogP contribution in [0.25, 0.3) is 0 Å². The predicted octanol–water partition coefficient (Wildman–Crippen LogP) is 1.56. The minimum Gasteiger partial charge on any atom is -0.397 e. The molecule has 0 aliphatic carbocycles. The van der Waals surface area contributed by atoms with Crippen molar-refractivity contribution in [1.29, 1.82) is 0 Å². The summed E-state index contributed by atoms with van der Waals surface area (Å²) >= 11 is 3.32. The maximum absolute atomic E-state index is 11.9. The first-order chi connectivity index (χ1) is 9.17. The molecular formula is C12H18BrN3O3S. The summed E-state index contributed by atoms with van der Waals surface area (Å²) < 4.78 is 25.0. The van der Waals surface area contributed by atoms with Gasteiger partial charge in [0.1, 0.15) is 0 Å². The third-order valence-corrected chi connectivity index (χ3v) is 5.10. The Labute approximate surface area is 127 Å². The smallest absolute Gasteiger partial charge is 0.239 e. The van der Waals surface area contributed by atoms with Crippen molar-refractivity contribution in [3.8, 4) is 0 Å². The highest BCUT2D eigenvalue weighted by atomic mass is 79.9. The fourth-order valence-corrected chi connectivity index (χ4v) is 2.90. The number of rotatable bonds is 5. The third-order valence-electron chi connectivity index (χ3n) is 2.83. The summed E-state index contributed by atoms with van der Waals surface area (Å²) in [6, 6.07) is 3.51. The molecule has 112 valence electrons. The summed E-state index contributed by atoms with van der Waals surface area (Å²) in [7, 11) is -2.01. The molecule has 6 nitrogen and oxygen atoms in total. The first kappa shape index (κ1) is 16.9. The number of nitrogen functional groups attached to an aromatic ring is 1. The van der Waals surface area contributed by atoms with Crippen LogP contribution in [-0.4, -0.2) is 38.0 Å². The number of hydrogen-bond donors (Lipinski definition) is 2. The standard InChI is InChI=1S/C12H18BrN3O3S/c1-4-20(18,19)16(3)7-11(17)15-10-6-9(13)5-8(2)12(10)14/h5-6H,4,7,14H2,1-3H3,(H,15,17). The zero-order valence-corrected chi connectivity index (χ0v) is 14.0. The molecule has 1 rings (SSSR count). The van der Waals surface area contributed by atoms with E-state index in [0.29, 0.717) is 11.4 Å². The minimum absolute atomic E-state index is 0.0467. The largest absolute Gasteiger partial charge is 0.397 e. The Hall–Kier alpha value is -1.12. The van der Waals surface area contributed by atoms with Crippen LogP contribution in [0.15, 0.2) is 16.6 Å². The first-order valence-corrected chi connectivity index (χ1v) is 8.37. The fourth-order valence-electron chi connectivity index (χ4n) is 1.57. The van der Waals surface area contributed by atoms with E-state index in [2.05, 4.69) is 21.2 Å². The molecule has 1 aromatic rings. The van der Waals surface area contributed by atoms with Crippen molar-refractivity contribution in [2.45, 2.75) is 13.8 Å². The number of benzene rings is 1. The topological polar surface area (TPSA) is 92.5 Å². The number of carbonyl (C=O) groups excluding carboxylic acids is 1. The number of hydrogen-bond acceptors (Lipinski definition) is 4. The first-order valence-electron chi connectivity index (χ1n) is 5.97. The van der Waals surface area contributed by atoms with Gasteiger partial charge in [-0.05, 0) is 31.5 Å². The number of sulfonamides is 1. The average molecular weight is 364 g/mol. The van der Waals surface area contributed by atoms with Gasteiger partial charge in [-0.1, -0.05) is 15.9 Å². The summed E-state index contributed by atoms with van der Waals surface area (Å²) in [5, 5.41) is 2.62. The van der Waals surface area contributed by atoms with E-state index in [1.165, 1.54) is 14.0 Å². The average Bonchev–Trinajstić information content (AvgIpc) is 2.35. The van der Waals surface area contributed by atoms with Crippen LogP contribution in [0.1, 0.15) is 12.5 Å². The van der Waals surface area contributed by atoms with Gasteiger partial charge in [-0.25, -0.2) is 8.42 Å². The van der Waals surface area contributed by atoms with Gasteiger partial charge in [-0.15, -0.1) is 0 Å². The molecule has 8 heteroatoms. The molecule has 1 aromatic carbocycles. The molecule has 0 saturated heterocycles. The Bertz CT molecular complexity index is 617. The molecule has 0 saturated carbocycles. The SMILES string of the molecule is CCS(=O)(=O)N(C)CC(=O)Nc1cc(Br)cc(C)c1N. The van der Waals surface area contributed by atoms with Crippen LogP contribution in [0.2, 0.25) is 0 Å². The predicted molar refractivity (Wildman–Crippen MR) is 84.0 cm³/mol. The Morgan fingerprint density at radius 2 is 2.05 bits per heavy atom. The lowest BCUT2D eigenvalue weighted by Gasteiger charge is -2.16. The monoisotopic (exact) mass is 363 g/mol. The van der Waals surface area contributed by atoms with Crippen molar-refractivity contribution in [1.82, 2.24) is 4.31 Å². The highest BCUT2D eigenvalue weighted by Crippen LogP contribution is 2.27. The Morgan fingerprint density at radius 1 is 1.45 bits per heavy atom. The van der Waals surface area contributed by atoms with Gasteiger partial charge in [-0.3, -0.25) is 4.79 Å². The Balaban J connectivity index is 2.83. The van der Waals surface area contributed by atoms with Gasteiger partial charge in [0.25, 0.3) is 0 Å². The number of likely N-dealkylation sites (N-methyl/N-ethyl adjacent to an activating group) is 1. The van der Waals surface area contributed by atoms with Crippen molar-refractivity contribution in [2.24, 2.45) is 0 Å². The quantitative estimate of drug-likeness (QED) is 0.776. The summed E-state index contributed by atoms with van der Waals surface area (Å²) in [4.78, 5) is 11.9. The second-order valence-corrected chi connectivity index (χ2v) is 7.67. The highest BCUT2D eigenvalue weighted by Gasteiger charge is 2.19. The van der Waals surface area contributed by atoms with E-state index in [4.69, 9.17) is 5.73 Å². The molecule has 1 amide bonds. The van der Waals surface area contributed by atoms with E-state index < -0.39 is 15.9 Å². The minimum atomic E-state index is -3.38. The van der Waals surface area contributed by atoms with Crippen molar-refractivity contribution in [3.63, 3.8) is 0 Å². The van der Waals surface area contributed by atoms with Crippen LogP contribution in [0.3, 0.4) is 0 Å². The maximum Gasteiger partial charge on any atom is 0.239 e. The van der Waals surface area contributed by atoms with Crippen LogP contribution in [0.5, 0.6) is 0 Å². The highest BCUT2D eigenvalue weighted by molar-refractivity contribution is 9.10. The zero-order chi connectivity index (χ0) is 15.5. The van der Waals surface area contributed by atoms with Crippen LogP contribution in [0.4, 0.5) is 11.4 Å². The number of aryl methyl sites for hydroxylation is 1. The second kappa shape index (κ2) is 6.55. The Kier molecular flexibility index (Phi) is 5.55.